The number of imide groups is 1. The number of aromatic nitrogens is 3. The Labute approximate surface area is 112 Å². The van der Waals surface area contributed by atoms with Gasteiger partial charge in [0.25, 0.3) is 5.91 Å². The van der Waals surface area contributed by atoms with Crippen LogP contribution in [0, 0.1) is 0 Å². The van der Waals surface area contributed by atoms with Crippen molar-refractivity contribution in [2.45, 2.75) is 12.5 Å². The van der Waals surface area contributed by atoms with Gasteiger partial charge >= 0.3 is 5.97 Å². The number of carboxylic acids is 1. The van der Waals surface area contributed by atoms with E-state index in [4.69, 9.17) is 5.11 Å². The summed E-state index contributed by atoms with van der Waals surface area (Å²) >= 11 is 0. The van der Waals surface area contributed by atoms with Crippen LogP contribution in [0.1, 0.15) is 22.8 Å². The van der Waals surface area contributed by atoms with Crippen LogP contribution in [0.5, 0.6) is 0 Å². The summed E-state index contributed by atoms with van der Waals surface area (Å²) in [7, 11) is 1.41. The van der Waals surface area contributed by atoms with Crippen molar-refractivity contribution in [1.29, 1.82) is 0 Å². The number of rotatable bonds is 2. The van der Waals surface area contributed by atoms with Crippen LogP contribution in [-0.2, 0) is 9.59 Å². The maximum absolute atomic E-state index is 12.0. The van der Waals surface area contributed by atoms with E-state index in [2.05, 4.69) is 10.3 Å². The maximum Gasteiger partial charge on any atom is 0.338 e. The maximum atomic E-state index is 12.0. The molecule has 20 heavy (non-hydrogen) atoms. The molecule has 1 N–H and O–H groups in total. The summed E-state index contributed by atoms with van der Waals surface area (Å²) < 4.78 is 1.31. The van der Waals surface area contributed by atoms with E-state index < -0.39 is 12.0 Å². The Morgan fingerprint density at radius 2 is 2.15 bits per heavy atom. The fraction of sp³-hybridized carbons (Fsp3) is 0.250. The first-order valence-corrected chi connectivity index (χ1v) is 5.88. The number of likely N-dealkylation sites (N-methyl/N-ethyl adjacent to an activating group) is 1. The van der Waals surface area contributed by atoms with Crippen molar-refractivity contribution < 1.29 is 19.5 Å². The van der Waals surface area contributed by atoms with Gasteiger partial charge in [0.1, 0.15) is 11.6 Å². The Hall–Kier alpha value is -2.77. The van der Waals surface area contributed by atoms with E-state index in [9.17, 15) is 14.4 Å². The second-order valence-electron chi connectivity index (χ2n) is 4.52. The number of likely N-dealkylation sites (tertiary alicyclic amines) is 1. The predicted molar refractivity (Wildman–Crippen MR) is 65.9 cm³/mol. The quantitative estimate of drug-likeness (QED) is 0.776. The van der Waals surface area contributed by atoms with Gasteiger partial charge in [0.05, 0.1) is 17.5 Å². The molecular formula is C12H10N4O4. The lowest BCUT2D eigenvalue weighted by atomic mass is 10.1. The van der Waals surface area contributed by atoms with E-state index >= 15 is 0 Å². The molecule has 8 heteroatoms. The standard InChI is InChI=1S/C12H10N4O4/c1-15-9(17)5-8(11(15)18)16-7-4-2-3-6(12(19)20)10(7)13-14-16/h2-4,8H,5H2,1H3,(H,19,20). The lowest BCUT2D eigenvalue weighted by Gasteiger charge is -2.09. The lowest BCUT2D eigenvalue weighted by molar-refractivity contribution is -0.137. The molecule has 2 aromatic rings. The van der Waals surface area contributed by atoms with Crippen LogP contribution < -0.4 is 0 Å². The van der Waals surface area contributed by atoms with Crippen molar-refractivity contribution in [3.8, 4) is 0 Å². The zero-order chi connectivity index (χ0) is 14.4. The number of amides is 2. The van der Waals surface area contributed by atoms with Crippen molar-refractivity contribution in [2.75, 3.05) is 7.05 Å². The van der Waals surface area contributed by atoms with Gasteiger partial charge in [-0.2, -0.15) is 0 Å². The molecule has 1 aromatic carbocycles. The van der Waals surface area contributed by atoms with Crippen LogP contribution in [0.25, 0.3) is 11.0 Å². The molecule has 8 nitrogen and oxygen atoms in total. The molecule has 1 fully saturated rings. The number of nitrogens with zero attached hydrogens (tertiary/aromatic N) is 4. The molecule has 1 aliphatic heterocycles. The van der Waals surface area contributed by atoms with E-state index in [-0.39, 0.29) is 29.3 Å². The van der Waals surface area contributed by atoms with Gasteiger partial charge in [-0.25, -0.2) is 9.48 Å². The summed E-state index contributed by atoms with van der Waals surface area (Å²) in [6.07, 6.45) is 0.00505. The Morgan fingerprint density at radius 1 is 1.40 bits per heavy atom. The number of hydrogen-bond donors (Lipinski definition) is 1. The number of fused-ring (bicyclic) bond motifs is 1. The van der Waals surface area contributed by atoms with Crippen LogP contribution in [0.2, 0.25) is 0 Å². The van der Waals surface area contributed by atoms with Crippen molar-refractivity contribution >= 4 is 28.8 Å². The number of carbonyl (C=O) groups is 3. The Balaban J connectivity index is 2.15. The first kappa shape index (κ1) is 12.3. The molecule has 0 spiro atoms. The molecule has 0 aliphatic carbocycles. The summed E-state index contributed by atoms with van der Waals surface area (Å²) in [6.45, 7) is 0. The van der Waals surface area contributed by atoms with Gasteiger partial charge in [-0.05, 0) is 12.1 Å². The molecule has 102 valence electrons. The number of hydrogen-bond acceptors (Lipinski definition) is 5. The second kappa shape index (κ2) is 4.12. The summed E-state index contributed by atoms with van der Waals surface area (Å²) in [5.74, 6) is -1.78. The van der Waals surface area contributed by atoms with E-state index in [0.717, 1.165) is 4.90 Å². The molecule has 1 atom stereocenters. The summed E-state index contributed by atoms with van der Waals surface area (Å²) in [5, 5.41) is 16.7. The zero-order valence-electron chi connectivity index (χ0n) is 10.5. The molecular weight excluding hydrogens is 264 g/mol. The highest BCUT2D eigenvalue weighted by Gasteiger charge is 2.38. The smallest absolute Gasteiger partial charge is 0.338 e. The molecule has 0 radical (unpaired) electrons. The number of benzene rings is 1. The van der Waals surface area contributed by atoms with Gasteiger partial charge in [-0.15, -0.1) is 5.10 Å². The van der Waals surface area contributed by atoms with Crippen molar-refractivity contribution in [2.24, 2.45) is 0 Å². The Bertz CT molecular complexity index is 751. The average molecular weight is 274 g/mol. The minimum atomic E-state index is -1.12. The summed E-state index contributed by atoms with van der Waals surface area (Å²) in [6, 6.07) is 3.83. The Morgan fingerprint density at radius 3 is 2.75 bits per heavy atom. The monoisotopic (exact) mass is 274 g/mol. The third-order valence-corrected chi connectivity index (χ3v) is 3.39. The van der Waals surface area contributed by atoms with E-state index in [0.29, 0.717) is 5.52 Å². The molecule has 1 unspecified atom stereocenters. The molecule has 1 saturated heterocycles. The van der Waals surface area contributed by atoms with Crippen molar-refractivity contribution in [3.05, 3.63) is 23.8 Å². The largest absolute Gasteiger partial charge is 0.478 e. The normalized spacial score (nSPS) is 19.1. The van der Waals surface area contributed by atoms with Gasteiger partial charge in [-0.1, -0.05) is 11.3 Å². The van der Waals surface area contributed by atoms with Gasteiger partial charge in [0.2, 0.25) is 5.91 Å². The van der Waals surface area contributed by atoms with Crippen molar-refractivity contribution in [3.63, 3.8) is 0 Å². The number of carboxylic acid groups (broad SMARTS) is 1. The number of carbonyl (C=O) groups excluding carboxylic acids is 2. The fourth-order valence-corrected chi connectivity index (χ4v) is 2.29. The van der Waals surface area contributed by atoms with Crippen LogP contribution in [0.3, 0.4) is 0 Å². The number of aromatic carboxylic acids is 1. The summed E-state index contributed by atoms with van der Waals surface area (Å²) in [5.41, 5.74) is 0.639. The van der Waals surface area contributed by atoms with E-state index in [1.807, 2.05) is 0 Å². The topological polar surface area (TPSA) is 105 Å². The molecule has 0 saturated carbocycles. The first-order valence-electron chi connectivity index (χ1n) is 5.88. The molecule has 2 amide bonds. The Kier molecular flexibility index (Phi) is 2.53. The average Bonchev–Trinajstić information content (AvgIpc) is 2.95. The minimum Gasteiger partial charge on any atom is -0.478 e. The molecule has 3 rings (SSSR count). The third kappa shape index (κ3) is 1.58. The fourth-order valence-electron chi connectivity index (χ4n) is 2.29. The minimum absolute atomic E-state index is 0.00505. The van der Waals surface area contributed by atoms with E-state index in [1.54, 1.807) is 12.1 Å². The highest BCUT2D eigenvalue weighted by atomic mass is 16.4. The zero-order valence-corrected chi connectivity index (χ0v) is 10.5. The highest BCUT2D eigenvalue weighted by Crippen LogP contribution is 2.26. The van der Waals surface area contributed by atoms with Gasteiger partial charge in [0.15, 0.2) is 0 Å². The van der Waals surface area contributed by atoms with Crippen LogP contribution in [0.4, 0.5) is 0 Å². The highest BCUT2D eigenvalue weighted by molar-refractivity contribution is 6.05. The predicted octanol–water partition coefficient (Wildman–Crippen LogP) is 0.0593. The molecule has 1 aliphatic rings. The second-order valence-corrected chi connectivity index (χ2v) is 4.52. The third-order valence-electron chi connectivity index (χ3n) is 3.39. The summed E-state index contributed by atoms with van der Waals surface area (Å²) in [4.78, 5) is 35.7. The van der Waals surface area contributed by atoms with Crippen molar-refractivity contribution in [1.82, 2.24) is 19.9 Å². The molecule has 1 aromatic heterocycles. The SMILES string of the molecule is CN1C(=O)CC(n2nnc3c(C(=O)O)cccc32)C1=O. The van der Waals surface area contributed by atoms with Gasteiger partial charge in [-0.3, -0.25) is 14.5 Å². The van der Waals surface area contributed by atoms with Gasteiger partial charge in [0, 0.05) is 7.05 Å². The van der Waals surface area contributed by atoms with Crippen LogP contribution in [-0.4, -0.2) is 49.8 Å². The van der Waals surface area contributed by atoms with Crippen LogP contribution in [0.15, 0.2) is 18.2 Å². The molecule has 0 bridgehead atoms. The van der Waals surface area contributed by atoms with E-state index in [1.165, 1.54) is 17.8 Å². The first-order chi connectivity index (χ1) is 9.50. The lowest BCUT2D eigenvalue weighted by Crippen LogP contribution is -2.27. The van der Waals surface area contributed by atoms with Crippen LogP contribution >= 0.6 is 0 Å². The molecule has 2 heterocycles. The van der Waals surface area contributed by atoms with Gasteiger partial charge < -0.3 is 5.11 Å².